The normalized spacial score (nSPS) is 20.4. The maximum absolute atomic E-state index is 12.1. The van der Waals surface area contributed by atoms with Crippen LogP contribution in [0.15, 0.2) is 4.52 Å². The van der Waals surface area contributed by atoms with Gasteiger partial charge in [0.2, 0.25) is 5.91 Å². The van der Waals surface area contributed by atoms with Gasteiger partial charge < -0.3 is 19.3 Å². The summed E-state index contributed by atoms with van der Waals surface area (Å²) in [6.07, 6.45) is 0.425. The van der Waals surface area contributed by atoms with Crippen LogP contribution in [0.25, 0.3) is 0 Å². The number of aromatic nitrogens is 1. The molecule has 1 N–H and O–H groups in total. The van der Waals surface area contributed by atoms with Gasteiger partial charge in [0.05, 0.1) is 25.0 Å². The monoisotopic (exact) mass is 268 g/mol. The van der Waals surface area contributed by atoms with Crippen molar-refractivity contribution >= 4 is 5.91 Å². The molecular formula is C13H20N2O4. The molecule has 6 nitrogen and oxygen atoms in total. The molecule has 0 saturated carbocycles. The molecule has 1 aliphatic rings. The van der Waals surface area contributed by atoms with Crippen molar-refractivity contribution in [1.82, 2.24) is 10.1 Å². The second-order valence-corrected chi connectivity index (χ2v) is 4.87. The highest BCUT2D eigenvalue weighted by Gasteiger charge is 2.21. The summed E-state index contributed by atoms with van der Waals surface area (Å²) in [5.74, 6) is 0.800. The molecule has 19 heavy (non-hydrogen) atoms. The molecule has 0 spiro atoms. The van der Waals surface area contributed by atoms with E-state index in [0.717, 1.165) is 17.0 Å². The van der Waals surface area contributed by atoms with E-state index < -0.39 is 6.10 Å². The number of carbonyl (C=O) groups excluding carboxylic acids is 1. The van der Waals surface area contributed by atoms with E-state index in [-0.39, 0.29) is 5.91 Å². The molecule has 1 amide bonds. The lowest BCUT2D eigenvalue weighted by Crippen LogP contribution is -2.37. The minimum absolute atomic E-state index is 0.0320. The minimum Gasteiger partial charge on any atom is -0.389 e. The fourth-order valence-electron chi connectivity index (χ4n) is 2.27. The van der Waals surface area contributed by atoms with Crippen molar-refractivity contribution in [2.75, 3.05) is 26.3 Å². The summed E-state index contributed by atoms with van der Waals surface area (Å²) in [4.78, 5) is 13.8. The zero-order valence-corrected chi connectivity index (χ0v) is 11.4. The number of aliphatic hydroxyl groups excluding tert-OH is 1. The van der Waals surface area contributed by atoms with E-state index in [1.165, 1.54) is 0 Å². The van der Waals surface area contributed by atoms with Crippen molar-refractivity contribution < 1.29 is 19.2 Å². The van der Waals surface area contributed by atoms with Gasteiger partial charge in [-0.3, -0.25) is 4.79 Å². The van der Waals surface area contributed by atoms with Crippen LogP contribution in [0.2, 0.25) is 0 Å². The molecule has 6 heteroatoms. The van der Waals surface area contributed by atoms with Gasteiger partial charge in [0.1, 0.15) is 5.76 Å². The van der Waals surface area contributed by atoms with Crippen molar-refractivity contribution in [3.8, 4) is 0 Å². The van der Waals surface area contributed by atoms with Crippen LogP contribution < -0.4 is 0 Å². The highest BCUT2D eigenvalue weighted by atomic mass is 16.5. The molecular weight excluding hydrogens is 248 g/mol. The zero-order chi connectivity index (χ0) is 13.8. The Labute approximate surface area is 112 Å². The Morgan fingerprint density at radius 2 is 2.32 bits per heavy atom. The summed E-state index contributed by atoms with van der Waals surface area (Å²) in [5, 5.41) is 13.5. The topological polar surface area (TPSA) is 75.8 Å². The van der Waals surface area contributed by atoms with Gasteiger partial charge in [-0.15, -0.1) is 0 Å². The predicted molar refractivity (Wildman–Crippen MR) is 67.7 cm³/mol. The number of nitrogens with zero attached hydrogens (tertiary/aromatic N) is 2. The lowest BCUT2D eigenvalue weighted by Gasteiger charge is -2.21. The average molecular weight is 268 g/mol. The molecule has 0 aliphatic carbocycles. The van der Waals surface area contributed by atoms with E-state index in [2.05, 4.69) is 5.16 Å². The first-order valence-corrected chi connectivity index (χ1v) is 6.53. The van der Waals surface area contributed by atoms with Crippen LogP contribution in [0.3, 0.4) is 0 Å². The quantitative estimate of drug-likeness (QED) is 0.861. The van der Waals surface area contributed by atoms with Crippen LogP contribution in [-0.4, -0.2) is 53.5 Å². The number of rotatable bonds is 3. The molecule has 1 atom stereocenters. The van der Waals surface area contributed by atoms with Gasteiger partial charge in [0, 0.05) is 25.1 Å². The summed E-state index contributed by atoms with van der Waals surface area (Å²) in [6.45, 7) is 5.39. The number of aryl methyl sites for hydroxylation is 2. The van der Waals surface area contributed by atoms with E-state index in [1.54, 1.807) is 4.90 Å². The van der Waals surface area contributed by atoms with Gasteiger partial charge in [-0.05, 0) is 20.3 Å². The Morgan fingerprint density at radius 1 is 1.53 bits per heavy atom. The van der Waals surface area contributed by atoms with Crippen LogP contribution in [0.1, 0.15) is 23.4 Å². The Hall–Kier alpha value is -1.40. The van der Waals surface area contributed by atoms with E-state index in [4.69, 9.17) is 9.26 Å². The first-order valence-electron chi connectivity index (χ1n) is 6.53. The Bertz CT molecular complexity index is 424. The molecule has 1 saturated heterocycles. The van der Waals surface area contributed by atoms with E-state index >= 15 is 0 Å². The van der Waals surface area contributed by atoms with Crippen molar-refractivity contribution in [2.24, 2.45) is 0 Å². The standard InChI is InChI=1S/C13H20N2O4/c1-9-12(10(2)19-14-9)3-4-13(17)15-5-6-18-8-11(16)7-15/h11,16H,3-8H2,1-2H3/t11-/m1/s1. The van der Waals surface area contributed by atoms with Crippen LogP contribution in [0, 0.1) is 13.8 Å². The van der Waals surface area contributed by atoms with Gasteiger partial charge in [-0.2, -0.15) is 0 Å². The molecule has 1 aliphatic heterocycles. The zero-order valence-electron chi connectivity index (χ0n) is 11.4. The van der Waals surface area contributed by atoms with Gasteiger partial charge >= 0.3 is 0 Å². The second kappa shape index (κ2) is 6.16. The molecule has 2 rings (SSSR count). The molecule has 0 aromatic carbocycles. The smallest absolute Gasteiger partial charge is 0.223 e. The van der Waals surface area contributed by atoms with Gasteiger partial charge in [0.15, 0.2) is 0 Å². The molecule has 0 radical (unpaired) electrons. The predicted octanol–water partition coefficient (Wildman–Crippen LogP) is 0.444. The number of amides is 1. The minimum atomic E-state index is -0.592. The molecule has 2 heterocycles. The lowest BCUT2D eigenvalue weighted by molar-refractivity contribution is -0.132. The largest absolute Gasteiger partial charge is 0.389 e. The fourth-order valence-corrected chi connectivity index (χ4v) is 2.27. The number of hydrogen-bond acceptors (Lipinski definition) is 5. The Kier molecular flexibility index (Phi) is 4.55. The highest BCUT2D eigenvalue weighted by molar-refractivity contribution is 5.76. The first kappa shape index (κ1) is 14.0. The molecule has 106 valence electrons. The fraction of sp³-hybridized carbons (Fsp3) is 0.692. The third-order valence-corrected chi connectivity index (χ3v) is 3.37. The Balaban J connectivity index is 1.90. The van der Waals surface area contributed by atoms with E-state index in [0.29, 0.717) is 39.1 Å². The van der Waals surface area contributed by atoms with Crippen molar-refractivity contribution in [3.63, 3.8) is 0 Å². The van der Waals surface area contributed by atoms with Crippen molar-refractivity contribution in [2.45, 2.75) is 32.8 Å². The van der Waals surface area contributed by atoms with Crippen molar-refractivity contribution in [1.29, 1.82) is 0 Å². The summed E-state index contributed by atoms with van der Waals surface area (Å²) >= 11 is 0. The summed E-state index contributed by atoms with van der Waals surface area (Å²) < 4.78 is 10.3. The summed E-state index contributed by atoms with van der Waals surface area (Å²) in [6, 6.07) is 0. The Morgan fingerprint density at radius 3 is 3.00 bits per heavy atom. The first-order chi connectivity index (χ1) is 9.08. The van der Waals surface area contributed by atoms with Gasteiger partial charge in [-0.1, -0.05) is 5.16 Å². The maximum Gasteiger partial charge on any atom is 0.223 e. The van der Waals surface area contributed by atoms with E-state index in [9.17, 15) is 9.90 Å². The summed E-state index contributed by atoms with van der Waals surface area (Å²) in [5.41, 5.74) is 1.84. The lowest BCUT2D eigenvalue weighted by atomic mass is 10.1. The van der Waals surface area contributed by atoms with Crippen LogP contribution >= 0.6 is 0 Å². The molecule has 1 aromatic rings. The number of hydrogen-bond donors (Lipinski definition) is 1. The summed E-state index contributed by atoms with van der Waals surface area (Å²) in [7, 11) is 0. The van der Waals surface area contributed by atoms with Crippen molar-refractivity contribution in [3.05, 3.63) is 17.0 Å². The highest BCUT2D eigenvalue weighted by Crippen LogP contribution is 2.15. The number of carbonyl (C=O) groups is 1. The number of β-amino-alcohol motifs (C(OH)–C–C–N with tert-alkyl or cyclic N) is 1. The SMILES string of the molecule is Cc1noc(C)c1CCC(=O)N1CCOC[C@H](O)C1. The average Bonchev–Trinajstić information content (AvgIpc) is 2.58. The van der Waals surface area contributed by atoms with Gasteiger partial charge in [0.25, 0.3) is 0 Å². The van der Waals surface area contributed by atoms with Crippen LogP contribution in [0.4, 0.5) is 0 Å². The number of aliphatic hydroxyl groups is 1. The van der Waals surface area contributed by atoms with Crippen LogP contribution in [0.5, 0.6) is 0 Å². The third kappa shape index (κ3) is 3.54. The molecule has 1 aromatic heterocycles. The van der Waals surface area contributed by atoms with E-state index in [1.807, 2.05) is 13.8 Å². The molecule has 0 unspecified atom stereocenters. The third-order valence-electron chi connectivity index (χ3n) is 3.37. The molecule has 0 bridgehead atoms. The molecule has 1 fully saturated rings. The second-order valence-electron chi connectivity index (χ2n) is 4.87. The number of ether oxygens (including phenoxy) is 1. The maximum atomic E-state index is 12.1. The van der Waals surface area contributed by atoms with Crippen LogP contribution in [-0.2, 0) is 16.0 Å². The van der Waals surface area contributed by atoms with Gasteiger partial charge in [-0.25, -0.2) is 0 Å².